The summed E-state index contributed by atoms with van der Waals surface area (Å²) in [5.41, 5.74) is 2.36. The summed E-state index contributed by atoms with van der Waals surface area (Å²) in [6, 6.07) is 9.08. The van der Waals surface area contributed by atoms with Crippen LogP contribution >= 0.6 is 0 Å². The molecule has 0 saturated carbocycles. The number of likely N-dealkylation sites (tertiary alicyclic amines) is 2. The van der Waals surface area contributed by atoms with Gasteiger partial charge in [-0.3, -0.25) is 14.5 Å². The summed E-state index contributed by atoms with van der Waals surface area (Å²) >= 11 is 0. The topological polar surface area (TPSA) is 202 Å². The van der Waals surface area contributed by atoms with Crippen LogP contribution in [0.3, 0.4) is 0 Å². The number of anilines is 2. The predicted molar refractivity (Wildman–Crippen MR) is 285 cm³/mol. The van der Waals surface area contributed by atoms with Crippen LogP contribution in [0.1, 0.15) is 124 Å². The van der Waals surface area contributed by atoms with E-state index in [4.69, 9.17) is 24.2 Å². The fraction of sp³-hybridized carbons (Fsp3) is 0.474. The number of H-pyrrole nitrogens is 2. The number of carboxylic acid groups (broad SMARTS) is 1. The Morgan fingerprint density at radius 1 is 0.662 bits per heavy atom. The van der Waals surface area contributed by atoms with Crippen molar-refractivity contribution in [2.45, 2.75) is 120 Å². The fourth-order valence-electron chi connectivity index (χ4n) is 12.5. The van der Waals surface area contributed by atoms with Crippen molar-refractivity contribution < 1.29 is 60.4 Å². The van der Waals surface area contributed by atoms with Crippen LogP contribution in [0.25, 0.3) is 22.1 Å². The Labute approximate surface area is 458 Å². The summed E-state index contributed by atoms with van der Waals surface area (Å²) in [5, 5.41) is 12.4. The van der Waals surface area contributed by atoms with Gasteiger partial charge in [-0.05, 0) is 113 Å². The summed E-state index contributed by atoms with van der Waals surface area (Å²) in [5.74, 6) is -3.54. The largest absolute Gasteiger partial charge is 0.465 e. The molecule has 4 saturated heterocycles. The first-order valence-corrected chi connectivity index (χ1v) is 27.0. The number of carbonyl (C=O) groups excluding carboxylic acids is 3. The van der Waals surface area contributed by atoms with Gasteiger partial charge in [-0.2, -0.15) is 0 Å². The second kappa shape index (κ2) is 22.9. The molecule has 0 spiro atoms. The average Bonchev–Trinajstić information content (AvgIpc) is 4.39. The van der Waals surface area contributed by atoms with Gasteiger partial charge in [-0.25, -0.2) is 41.5 Å². The first-order valence-electron chi connectivity index (χ1n) is 27.0. The molecule has 2 aromatic heterocycles. The van der Waals surface area contributed by atoms with Crippen molar-refractivity contribution in [2.75, 3.05) is 64.4 Å². The van der Waals surface area contributed by atoms with Gasteiger partial charge in [0, 0.05) is 76.4 Å². The minimum Gasteiger partial charge on any atom is -0.465 e. The first kappa shape index (κ1) is 55.8. The highest BCUT2D eigenvalue weighted by atomic mass is 19.1. The molecule has 4 fully saturated rings. The second-order valence-corrected chi connectivity index (χ2v) is 21.3. The molecular weight excluding hydrogens is 1050 g/mol. The van der Waals surface area contributed by atoms with Crippen molar-refractivity contribution in [1.82, 2.24) is 40.0 Å². The van der Waals surface area contributed by atoms with Crippen LogP contribution in [-0.2, 0) is 23.8 Å². The number of hydrogen-bond donors (Lipinski definition) is 4. The molecule has 0 aliphatic carbocycles. The predicted octanol–water partition coefficient (Wildman–Crippen LogP) is 9.70. The summed E-state index contributed by atoms with van der Waals surface area (Å²) < 4.78 is 97.1. The molecule has 426 valence electrons. The smallest absolute Gasteiger partial charge is 0.407 e. The van der Waals surface area contributed by atoms with Crippen molar-refractivity contribution >= 4 is 57.4 Å². The van der Waals surface area contributed by atoms with Crippen molar-refractivity contribution in [3.8, 4) is 0 Å². The lowest BCUT2D eigenvalue weighted by Gasteiger charge is -2.36. The quantitative estimate of drug-likeness (QED) is 0.0711. The lowest BCUT2D eigenvalue weighted by molar-refractivity contribution is -0.141. The van der Waals surface area contributed by atoms with Crippen LogP contribution in [0.15, 0.2) is 60.7 Å². The number of ether oxygens (including phenoxy) is 3. The second-order valence-electron chi connectivity index (χ2n) is 21.3. The van der Waals surface area contributed by atoms with Crippen LogP contribution in [0, 0.1) is 29.1 Å². The van der Waals surface area contributed by atoms with Crippen LogP contribution in [-0.4, -0.2) is 143 Å². The molecule has 6 aromatic rings. The van der Waals surface area contributed by atoms with Gasteiger partial charge in [-0.1, -0.05) is 12.1 Å². The van der Waals surface area contributed by atoms with E-state index in [-0.39, 0.29) is 58.1 Å². The average molecular weight is 1110 g/mol. The summed E-state index contributed by atoms with van der Waals surface area (Å²) in [4.78, 5) is 76.0. The zero-order chi connectivity index (χ0) is 56.8. The number of aromatic amines is 2. The number of carbonyl (C=O) groups is 4. The number of rotatable bonds is 15. The molecule has 18 nitrogen and oxygen atoms in total. The Hall–Kier alpha value is -7.53. The normalized spacial score (nSPS) is 21.3. The number of hydrogen-bond acceptors (Lipinski definition) is 11. The lowest BCUT2D eigenvalue weighted by Crippen LogP contribution is -2.54. The molecule has 4 N–H and O–H groups in total. The minimum absolute atomic E-state index is 0.0406. The summed E-state index contributed by atoms with van der Waals surface area (Å²) in [6.45, 7) is 4.55. The van der Waals surface area contributed by atoms with E-state index >= 15 is 17.6 Å². The molecule has 4 aliphatic heterocycles. The Morgan fingerprint density at radius 2 is 1.18 bits per heavy atom. The maximum absolute atomic E-state index is 17.0. The van der Waals surface area contributed by atoms with Crippen LogP contribution < -0.4 is 15.1 Å². The zero-order valence-corrected chi connectivity index (χ0v) is 45.3. The Morgan fingerprint density at radius 3 is 1.66 bits per heavy atom. The van der Waals surface area contributed by atoms with Gasteiger partial charge in [0.25, 0.3) is 0 Å². The summed E-state index contributed by atoms with van der Waals surface area (Å²) in [7, 11) is 5.30. The number of benzene rings is 4. The lowest BCUT2D eigenvalue weighted by atomic mass is 9.89. The van der Waals surface area contributed by atoms with Gasteiger partial charge in [0.2, 0.25) is 11.8 Å². The van der Waals surface area contributed by atoms with Crippen molar-refractivity contribution in [3.63, 3.8) is 0 Å². The molecular formula is C57H65F5N10O8. The molecule has 4 aromatic carbocycles. The van der Waals surface area contributed by atoms with Crippen molar-refractivity contribution in [2.24, 2.45) is 0 Å². The number of fused-ring (bicyclic) bond motifs is 2. The van der Waals surface area contributed by atoms with E-state index in [2.05, 4.69) is 15.3 Å². The van der Waals surface area contributed by atoms with Crippen LogP contribution in [0.2, 0.25) is 0 Å². The van der Waals surface area contributed by atoms with Gasteiger partial charge in [-0.15, -0.1) is 0 Å². The Bertz CT molecular complexity index is 3280. The van der Waals surface area contributed by atoms with Gasteiger partial charge in [0.05, 0.1) is 65.6 Å². The Balaban J connectivity index is 0.997. The Kier molecular flexibility index (Phi) is 16.0. The number of nitrogens with zero attached hydrogens (tertiary/aromatic N) is 7. The molecule has 0 bridgehead atoms. The zero-order valence-electron chi connectivity index (χ0n) is 45.3. The van der Waals surface area contributed by atoms with Gasteiger partial charge in [0.15, 0.2) is 11.6 Å². The maximum atomic E-state index is 17.0. The van der Waals surface area contributed by atoms with Gasteiger partial charge < -0.3 is 54.2 Å². The first-order chi connectivity index (χ1) is 38.4. The highest BCUT2D eigenvalue weighted by Gasteiger charge is 2.44. The molecule has 8 atom stereocenters. The number of piperidine rings is 1. The summed E-state index contributed by atoms with van der Waals surface area (Å²) in [6.07, 6.45) is 0.126. The van der Waals surface area contributed by atoms with E-state index in [0.717, 1.165) is 10.5 Å². The van der Waals surface area contributed by atoms with E-state index in [9.17, 15) is 28.7 Å². The number of methoxy groups -OCH3 is 3. The van der Waals surface area contributed by atoms with Gasteiger partial charge in [0.1, 0.15) is 46.9 Å². The van der Waals surface area contributed by atoms with Gasteiger partial charge >= 0.3 is 12.2 Å². The van der Waals surface area contributed by atoms with E-state index in [0.29, 0.717) is 87.4 Å². The van der Waals surface area contributed by atoms with E-state index in [1.165, 1.54) is 64.8 Å². The molecule has 23 heteroatoms. The van der Waals surface area contributed by atoms with E-state index in [1.807, 2.05) is 0 Å². The molecule has 0 radical (unpaired) electrons. The SMILES string of the molecule is COC(=O)N[C@H](C(=O)N1CCC[C@H]1c1nc2cc(F)c([C@H]3CC[C@H](c4cc5[nH]c([C@@H]6CCCN6C(=O)[C@H]([C@@H](C)OC)N(C)C(=O)O)nc5cc4F)N3c3cc(F)c(N4CCC(c5ccc(F)cc5)CC4)c(F)c3)cc2[nH]1)C(C)OC. The fourth-order valence-corrected chi connectivity index (χ4v) is 12.5. The number of amides is 4. The highest BCUT2D eigenvalue weighted by Crippen LogP contribution is 2.50. The molecule has 4 aliphatic rings. The minimum atomic E-state index is -1.31. The molecule has 4 amide bonds. The standard InChI is InChI=1S/C57H65F5N10O8/c1-29(78-4)49(67-56(75)80-6)54(73)70-19-7-9-47(70)52-63-41-25-35(37(59)27-43(41)65-52)45-15-16-46(72(45)34-23-39(61)51(40(62)24-34)69-21-17-32(18-22-69)31-11-13-33(58)14-12-31)36-26-42-44(28-38(36)60)66-53(64-42)48-10-8-20-71(48)55(74)50(30(2)79-5)68(3)57(76)77/h11-14,23-30,32,45-50H,7-10,15-22H2,1-6H3,(H,63,65)(H,64,66)(H,67,75)(H,76,77)/t29?,30-,45-,46-,47+,48+,49+,50+/m1/s1. The molecule has 10 rings (SSSR count). The number of halogens is 5. The van der Waals surface area contributed by atoms with Crippen molar-refractivity contribution in [3.05, 3.63) is 118 Å². The number of imidazole rings is 2. The molecule has 1 unspecified atom stereocenters. The van der Waals surface area contributed by atoms with Crippen molar-refractivity contribution in [1.29, 1.82) is 0 Å². The third-order valence-electron chi connectivity index (χ3n) is 16.9. The molecule has 80 heavy (non-hydrogen) atoms. The number of nitrogens with one attached hydrogen (secondary N) is 3. The van der Waals surface area contributed by atoms with Crippen LogP contribution in [0.5, 0.6) is 0 Å². The number of likely N-dealkylation sites (N-methyl/N-ethyl adjacent to an activating group) is 1. The van der Waals surface area contributed by atoms with E-state index < -0.39 is 95.7 Å². The number of alkyl carbamates (subject to hydrolysis) is 1. The maximum Gasteiger partial charge on any atom is 0.407 e. The third kappa shape index (κ3) is 10.6. The highest BCUT2D eigenvalue weighted by molar-refractivity contribution is 5.88. The monoisotopic (exact) mass is 1110 g/mol. The number of aromatic nitrogens is 4. The van der Waals surface area contributed by atoms with E-state index in [1.54, 1.807) is 57.7 Å². The molecule has 6 heterocycles. The van der Waals surface area contributed by atoms with Crippen LogP contribution in [0.4, 0.5) is 42.9 Å². The third-order valence-corrected chi connectivity index (χ3v) is 16.9.